The quantitative estimate of drug-likeness (QED) is 0.727. The molecule has 24 heavy (non-hydrogen) atoms. The molecule has 0 aromatic carbocycles. The summed E-state index contributed by atoms with van der Waals surface area (Å²) in [4.78, 5) is 12.2. The van der Waals surface area contributed by atoms with Gasteiger partial charge in [0.2, 0.25) is 0 Å². The van der Waals surface area contributed by atoms with Crippen LogP contribution in [0.2, 0.25) is 0 Å². The minimum atomic E-state index is -1.16. The number of carbonyl (C=O) groups excluding carboxylic acids is 1. The largest absolute Gasteiger partial charge is 0.385 e. The highest BCUT2D eigenvalue weighted by Gasteiger charge is 2.64. The van der Waals surface area contributed by atoms with Gasteiger partial charge in [0.1, 0.15) is 5.60 Å². The number of allylic oxidation sites excluding steroid dienone is 4. The molecule has 0 heterocycles. The van der Waals surface area contributed by atoms with Crippen LogP contribution in [0.4, 0.5) is 0 Å². The van der Waals surface area contributed by atoms with Gasteiger partial charge in [-0.05, 0) is 62.0 Å². The van der Waals surface area contributed by atoms with Crippen molar-refractivity contribution in [3.8, 4) is 0 Å². The summed E-state index contributed by atoms with van der Waals surface area (Å²) in [6.07, 6.45) is 13.4. The minimum absolute atomic E-state index is 0.0447. The van der Waals surface area contributed by atoms with Crippen LogP contribution >= 0.6 is 0 Å². The third kappa shape index (κ3) is 1.83. The van der Waals surface area contributed by atoms with Gasteiger partial charge in [-0.15, -0.1) is 0 Å². The Hall–Kier alpha value is -1.19. The molecule has 3 nitrogen and oxygen atoms in total. The molecule has 0 saturated heterocycles. The van der Waals surface area contributed by atoms with Crippen molar-refractivity contribution in [3.05, 3.63) is 36.0 Å². The lowest BCUT2D eigenvalue weighted by Gasteiger charge is -2.56. The van der Waals surface area contributed by atoms with Crippen LogP contribution in [-0.2, 0) is 4.79 Å². The van der Waals surface area contributed by atoms with Crippen molar-refractivity contribution in [2.24, 2.45) is 28.6 Å². The molecule has 2 N–H and O–H groups in total. The van der Waals surface area contributed by atoms with E-state index < -0.39 is 11.7 Å². The Morgan fingerprint density at radius 3 is 2.58 bits per heavy atom. The third-order valence-electron chi connectivity index (χ3n) is 7.95. The summed E-state index contributed by atoms with van der Waals surface area (Å²) in [5.41, 5.74) is -0.315. The fourth-order valence-corrected chi connectivity index (χ4v) is 6.36. The van der Waals surface area contributed by atoms with E-state index in [9.17, 15) is 15.0 Å². The number of hydrogen-bond acceptors (Lipinski definition) is 3. The van der Waals surface area contributed by atoms with E-state index >= 15 is 0 Å². The molecule has 0 aromatic heterocycles. The summed E-state index contributed by atoms with van der Waals surface area (Å²) in [5, 5.41) is 21.0. The van der Waals surface area contributed by atoms with Crippen LogP contribution < -0.4 is 0 Å². The lowest BCUT2D eigenvalue weighted by atomic mass is 9.49. The molecule has 0 spiro atoms. The highest BCUT2D eigenvalue weighted by molar-refractivity contribution is 5.86. The Labute approximate surface area is 144 Å². The van der Waals surface area contributed by atoms with E-state index in [1.165, 1.54) is 5.57 Å². The molecule has 3 heteroatoms. The van der Waals surface area contributed by atoms with E-state index in [2.05, 4.69) is 32.1 Å². The molecule has 3 unspecified atom stereocenters. The fraction of sp³-hybridized carbons (Fsp3) is 0.667. The van der Waals surface area contributed by atoms with Crippen LogP contribution in [0.25, 0.3) is 0 Å². The molecular formula is C21H28O3. The van der Waals surface area contributed by atoms with Gasteiger partial charge in [-0.1, -0.05) is 38.2 Å². The summed E-state index contributed by atoms with van der Waals surface area (Å²) in [7, 11) is 0. The lowest BCUT2D eigenvalue weighted by molar-refractivity contribution is -0.155. The molecule has 0 aromatic rings. The summed E-state index contributed by atoms with van der Waals surface area (Å²) < 4.78 is 0. The molecule has 0 radical (unpaired) electrons. The number of Topliss-reactive ketones (excluding diaryl/α,β-unsaturated/α-hetero) is 1. The first-order valence-corrected chi connectivity index (χ1v) is 9.24. The van der Waals surface area contributed by atoms with Gasteiger partial charge in [0, 0.05) is 10.8 Å². The van der Waals surface area contributed by atoms with E-state index in [0.29, 0.717) is 24.2 Å². The van der Waals surface area contributed by atoms with Crippen molar-refractivity contribution < 1.29 is 15.0 Å². The Morgan fingerprint density at radius 2 is 1.88 bits per heavy atom. The van der Waals surface area contributed by atoms with Gasteiger partial charge in [0.15, 0.2) is 5.78 Å². The number of ketones is 1. The number of hydrogen-bond donors (Lipinski definition) is 2. The third-order valence-corrected chi connectivity index (χ3v) is 7.95. The fourth-order valence-electron chi connectivity index (χ4n) is 6.36. The minimum Gasteiger partial charge on any atom is -0.385 e. The monoisotopic (exact) mass is 328 g/mol. The maximum atomic E-state index is 12.2. The summed E-state index contributed by atoms with van der Waals surface area (Å²) in [6.45, 7) is 5.95. The molecule has 2 saturated carbocycles. The van der Waals surface area contributed by atoms with Crippen LogP contribution in [-0.4, -0.2) is 27.7 Å². The molecule has 0 amide bonds. The molecule has 4 rings (SSSR count). The average Bonchev–Trinajstić information content (AvgIpc) is 2.81. The average molecular weight is 328 g/mol. The Morgan fingerprint density at radius 1 is 1.17 bits per heavy atom. The first-order chi connectivity index (χ1) is 11.2. The van der Waals surface area contributed by atoms with Gasteiger partial charge in [0.05, 0.1) is 6.10 Å². The standard InChI is InChI=1S/C21H28O3/c1-13(22)21(24)11-8-18-16-5-4-14-12-15(23)6-9-19(14,2)17(16)7-10-20(18,21)3/h4-6,9,12,15-18,23-24H,7-8,10-11H2,1-3H3/t15-,16?,17?,18?,19-,20-,21-/m0/s1. The zero-order valence-corrected chi connectivity index (χ0v) is 14.8. The molecule has 4 aliphatic carbocycles. The van der Waals surface area contributed by atoms with Crippen molar-refractivity contribution in [1.82, 2.24) is 0 Å². The van der Waals surface area contributed by atoms with E-state index in [0.717, 1.165) is 19.3 Å². The van der Waals surface area contributed by atoms with Crippen LogP contribution in [0.1, 0.15) is 46.5 Å². The Bertz CT molecular complexity index is 675. The summed E-state index contributed by atoms with van der Waals surface area (Å²) in [5.74, 6) is 1.14. The molecule has 7 atom stereocenters. The zero-order valence-electron chi connectivity index (χ0n) is 14.8. The predicted molar refractivity (Wildman–Crippen MR) is 93.2 cm³/mol. The number of carbonyl (C=O) groups is 1. The van der Waals surface area contributed by atoms with Crippen molar-refractivity contribution in [3.63, 3.8) is 0 Å². The van der Waals surface area contributed by atoms with E-state index in [1.807, 2.05) is 12.2 Å². The molecule has 130 valence electrons. The Balaban J connectivity index is 1.75. The molecule has 2 fully saturated rings. The summed E-state index contributed by atoms with van der Waals surface area (Å²) >= 11 is 0. The second kappa shape index (κ2) is 4.92. The maximum Gasteiger partial charge on any atom is 0.161 e. The lowest BCUT2D eigenvalue weighted by Crippen LogP contribution is -2.56. The van der Waals surface area contributed by atoms with Crippen LogP contribution in [0.5, 0.6) is 0 Å². The molecular weight excluding hydrogens is 300 g/mol. The molecule has 0 bridgehead atoms. The van der Waals surface area contributed by atoms with Crippen LogP contribution in [0.3, 0.4) is 0 Å². The zero-order chi connectivity index (χ0) is 17.3. The number of fused-ring (bicyclic) bond motifs is 5. The smallest absolute Gasteiger partial charge is 0.161 e. The van der Waals surface area contributed by atoms with Crippen molar-refractivity contribution in [1.29, 1.82) is 0 Å². The number of aliphatic hydroxyl groups is 2. The topological polar surface area (TPSA) is 57.5 Å². The number of aliphatic hydroxyl groups excluding tert-OH is 1. The second-order valence-electron chi connectivity index (χ2n) is 8.82. The number of rotatable bonds is 1. The van der Waals surface area contributed by atoms with Gasteiger partial charge >= 0.3 is 0 Å². The SMILES string of the molecule is CC(=O)[C@@]1(O)CCC2C3C=CC4=C[C@@H](O)C=C[C@]4(C)C3CC[C@@]21C. The highest BCUT2D eigenvalue weighted by Crippen LogP contribution is 2.65. The van der Waals surface area contributed by atoms with E-state index in [-0.39, 0.29) is 16.6 Å². The van der Waals surface area contributed by atoms with Gasteiger partial charge in [0.25, 0.3) is 0 Å². The van der Waals surface area contributed by atoms with Crippen LogP contribution in [0, 0.1) is 28.6 Å². The normalized spacial score (nSPS) is 52.3. The van der Waals surface area contributed by atoms with Crippen molar-refractivity contribution in [2.75, 3.05) is 0 Å². The predicted octanol–water partition coefficient (Wildman–Crippen LogP) is 3.18. The van der Waals surface area contributed by atoms with Gasteiger partial charge < -0.3 is 10.2 Å². The van der Waals surface area contributed by atoms with Gasteiger partial charge in [-0.3, -0.25) is 4.79 Å². The van der Waals surface area contributed by atoms with Crippen LogP contribution in [0.15, 0.2) is 36.0 Å². The van der Waals surface area contributed by atoms with Gasteiger partial charge in [-0.2, -0.15) is 0 Å². The maximum absolute atomic E-state index is 12.2. The van der Waals surface area contributed by atoms with Crippen molar-refractivity contribution in [2.45, 2.75) is 58.2 Å². The highest BCUT2D eigenvalue weighted by atomic mass is 16.3. The first kappa shape index (κ1) is 16.3. The second-order valence-corrected chi connectivity index (χ2v) is 8.82. The summed E-state index contributed by atoms with van der Waals surface area (Å²) in [6, 6.07) is 0. The molecule has 4 aliphatic rings. The van der Waals surface area contributed by atoms with E-state index in [4.69, 9.17) is 0 Å². The Kier molecular flexibility index (Phi) is 3.34. The molecule has 0 aliphatic heterocycles. The van der Waals surface area contributed by atoms with E-state index in [1.54, 1.807) is 6.92 Å². The van der Waals surface area contributed by atoms with Gasteiger partial charge in [-0.25, -0.2) is 0 Å². The van der Waals surface area contributed by atoms with Crippen molar-refractivity contribution >= 4 is 5.78 Å². The first-order valence-electron chi connectivity index (χ1n) is 9.24.